The number of rotatable bonds is 1. The molecular weight excluding hydrogens is 209 g/mol. The fourth-order valence-corrected chi connectivity index (χ4v) is 1.35. The Morgan fingerprint density at radius 3 is 2.73 bits per heavy atom. The molecule has 1 aromatic carbocycles. The number of alkyl halides is 3. The van der Waals surface area contributed by atoms with Crippen molar-refractivity contribution in [2.45, 2.75) is 13.3 Å². The fraction of sp³-hybridized carbons (Fsp3) is 0.222. The number of halogens is 3. The summed E-state index contributed by atoms with van der Waals surface area (Å²) in [7, 11) is 0. The van der Waals surface area contributed by atoms with Crippen LogP contribution < -0.4 is 4.74 Å². The normalized spacial score (nSPS) is 12.0. The van der Waals surface area contributed by atoms with Crippen LogP contribution in [0.1, 0.15) is 5.69 Å². The number of para-hydroxylation sites is 1. The summed E-state index contributed by atoms with van der Waals surface area (Å²) in [5.41, 5.74) is 0.893. The second-order valence-corrected chi connectivity index (χ2v) is 3.05. The lowest BCUT2D eigenvalue weighted by atomic mass is 10.2. The minimum atomic E-state index is -4.69. The maximum Gasteiger partial charge on any atom is 0.573 e. The van der Waals surface area contributed by atoms with Gasteiger partial charge >= 0.3 is 6.36 Å². The van der Waals surface area contributed by atoms with Crippen LogP contribution in [-0.2, 0) is 0 Å². The summed E-state index contributed by atoms with van der Waals surface area (Å²) in [4.78, 5) is 0. The molecule has 3 nitrogen and oxygen atoms in total. The van der Waals surface area contributed by atoms with Gasteiger partial charge in [0.15, 0.2) is 5.75 Å². The molecule has 2 aromatic rings. The van der Waals surface area contributed by atoms with E-state index in [-0.39, 0.29) is 11.3 Å². The predicted octanol–water partition coefficient (Wildman–Crippen LogP) is 2.77. The van der Waals surface area contributed by atoms with Gasteiger partial charge in [0, 0.05) is 11.1 Å². The van der Waals surface area contributed by atoms with Crippen molar-refractivity contribution in [2.75, 3.05) is 0 Å². The van der Waals surface area contributed by atoms with Gasteiger partial charge in [0.1, 0.15) is 5.52 Å². The molecule has 0 bridgehead atoms. The maximum atomic E-state index is 12.0. The number of hydrogen-bond acceptors (Lipinski definition) is 2. The van der Waals surface area contributed by atoms with Crippen molar-refractivity contribution in [3.63, 3.8) is 0 Å². The molecule has 1 aromatic heterocycles. The number of aromatic nitrogens is 2. The van der Waals surface area contributed by atoms with E-state index in [1.807, 2.05) is 0 Å². The smallest absolute Gasteiger partial charge is 0.403 e. The number of aromatic amines is 1. The van der Waals surface area contributed by atoms with E-state index in [0.29, 0.717) is 11.1 Å². The molecule has 0 saturated carbocycles. The second kappa shape index (κ2) is 3.15. The van der Waals surface area contributed by atoms with E-state index < -0.39 is 6.36 Å². The minimum absolute atomic E-state index is 0.187. The van der Waals surface area contributed by atoms with Crippen molar-refractivity contribution >= 4 is 10.9 Å². The SMILES string of the molecule is Cc1[nH]nc2c(OC(F)(F)F)cccc12. The van der Waals surface area contributed by atoms with E-state index in [0.717, 1.165) is 0 Å². The van der Waals surface area contributed by atoms with Gasteiger partial charge < -0.3 is 4.74 Å². The van der Waals surface area contributed by atoms with Crippen LogP contribution in [-0.4, -0.2) is 16.6 Å². The summed E-state index contributed by atoms with van der Waals surface area (Å²) in [6.07, 6.45) is -4.69. The summed E-state index contributed by atoms with van der Waals surface area (Å²) in [6, 6.07) is 4.40. The molecule has 6 heteroatoms. The molecule has 0 aliphatic rings. The summed E-state index contributed by atoms with van der Waals surface area (Å²) in [6.45, 7) is 1.73. The Balaban J connectivity index is 2.52. The topological polar surface area (TPSA) is 37.9 Å². The zero-order chi connectivity index (χ0) is 11.1. The summed E-state index contributed by atoms with van der Waals surface area (Å²) >= 11 is 0. The van der Waals surface area contributed by atoms with Gasteiger partial charge in [-0.1, -0.05) is 12.1 Å². The average Bonchev–Trinajstić information content (AvgIpc) is 2.47. The Morgan fingerprint density at radius 2 is 2.07 bits per heavy atom. The number of H-pyrrole nitrogens is 1. The van der Waals surface area contributed by atoms with Crippen molar-refractivity contribution in [3.8, 4) is 5.75 Å². The average molecular weight is 216 g/mol. The van der Waals surface area contributed by atoms with E-state index in [9.17, 15) is 13.2 Å². The van der Waals surface area contributed by atoms with Gasteiger partial charge in [0.2, 0.25) is 0 Å². The predicted molar refractivity (Wildman–Crippen MR) is 47.5 cm³/mol. The van der Waals surface area contributed by atoms with Crippen molar-refractivity contribution in [2.24, 2.45) is 0 Å². The Labute approximate surface area is 82.9 Å². The third-order valence-corrected chi connectivity index (χ3v) is 1.96. The van der Waals surface area contributed by atoms with Crippen LogP contribution in [0.15, 0.2) is 18.2 Å². The van der Waals surface area contributed by atoms with Gasteiger partial charge in [-0.25, -0.2) is 0 Å². The number of benzene rings is 1. The van der Waals surface area contributed by atoms with Gasteiger partial charge in [-0.05, 0) is 13.0 Å². The molecule has 0 aliphatic carbocycles. The Morgan fingerprint density at radius 1 is 1.33 bits per heavy atom. The third kappa shape index (κ3) is 1.88. The molecule has 0 unspecified atom stereocenters. The molecule has 0 fully saturated rings. The lowest BCUT2D eigenvalue weighted by molar-refractivity contribution is -0.274. The van der Waals surface area contributed by atoms with E-state index >= 15 is 0 Å². The maximum absolute atomic E-state index is 12.0. The summed E-state index contributed by atoms with van der Waals surface area (Å²) in [5.74, 6) is -0.288. The molecule has 0 atom stereocenters. The first-order valence-corrected chi connectivity index (χ1v) is 4.17. The van der Waals surface area contributed by atoms with Crippen molar-refractivity contribution < 1.29 is 17.9 Å². The Bertz CT molecular complexity index is 490. The fourth-order valence-electron chi connectivity index (χ4n) is 1.35. The molecule has 2 rings (SSSR count). The highest BCUT2D eigenvalue weighted by molar-refractivity contribution is 5.86. The highest BCUT2D eigenvalue weighted by Crippen LogP contribution is 2.29. The lowest BCUT2D eigenvalue weighted by Gasteiger charge is -2.08. The Kier molecular flexibility index (Phi) is 2.06. The minimum Gasteiger partial charge on any atom is -0.403 e. The standard InChI is InChI=1S/C9H7F3N2O/c1-5-6-3-2-4-7(8(6)14-13-5)15-9(10,11)12/h2-4H,1H3,(H,13,14). The number of ether oxygens (including phenoxy) is 1. The molecule has 1 heterocycles. The van der Waals surface area contributed by atoms with Crippen molar-refractivity contribution in [1.29, 1.82) is 0 Å². The molecule has 15 heavy (non-hydrogen) atoms. The quantitative estimate of drug-likeness (QED) is 0.795. The molecule has 0 spiro atoms. The number of nitrogens with zero attached hydrogens (tertiary/aromatic N) is 1. The largest absolute Gasteiger partial charge is 0.573 e. The van der Waals surface area contributed by atoms with Crippen LogP contribution in [0.4, 0.5) is 13.2 Å². The van der Waals surface area contributed by atoms with E-state index in [4.69, 9.17) is 0 Å². The zero-order valence-electron chi connectivity index (χ0n) is 7.72. The molecule has 0 amide bonds. The molecule has 1 N–H and O–H groups in total. The van der Waals surface area contributed by atoms with Crippen LogP contribution in [0, 0.1) is 6.92 Å². The van der Waals surface area contributed by atoms with Gasteiger partial charge in [-0.3, -0.25) is 5.10 Å². The second-order valence-electron chi connectivity index (χ2n) is 3.05. The third-order valence-electron chi connectivity index (χ3n) is 1.96. The number of aryl methyl sites for hydroxylation is 1. The lowest BCUT2D eigenvalue weighted by Crippen LogP contribution is -2.17. The van der Waals surface area contributed by atoms with Crippen LogP contribution in [0.25, 0.3) is 10.9 Å². The van der Waals surface area contributed by atoms with Crippen molar-refractivity contribution in [1.82, 2.24) is 10.2 Å². The first-order valence-electron chi connectivity index (χ1n) is 4.17. The zero-order valence-corrected chi connectivity index (χ0v) is 7.72. The summed E-state index contributed by atoms with van der Waals surface area (Å²) < 4.78 is 39.9. The van der Waals surface area contributed by atoms with Crippen LogP contribution >= 0.6 is 0 Å². The highest BCUT2D eigenvalue weighted by atomic mass is 19.4. The van der Waals surface area contributed by atoms with Crippen molar-refractivity contribution in [3.05, 3.63) is 23.9 Å². The first kappa shape index (κ1) is 9.82. The van der Waals surface area contributed by atoms with E-state index in [1.165, 1.54) is 12.1 Å². The summed E-state index contributed by atoms with van der Waals surface area (Å²) in [5, 5.41) is 6.98. The molecule has 80 valence electrons. The van der Waals surface area contributed by atoms with Crippen LogP contribution in [0.2, 0.25) is 0 Å². The number of hydrogen-bond donors (Lipinski definition) is 1. The molecule has 0 aliphatic heterocycles. The monoisotopic (exact) mass is 216 g/mol. The molecule has 0 saturated heterocycles. The van der Waals surface area contributed by atoms with Crippen LogP contribution in [0.5, 0.6) is 5.75 Å². The highest BCUT2D eigenvalue weighted by Gasteiger charge is 2.32. The first-order chi connectivity index (χ1) is 6.97. The number of nitrogens with one attached hydrogen (secondary N) is 1. The van der Waals surface area contributed by atoms with Gasteiger partial charge in [-0.15, -0.1) is 13.2 Å². The number of fused-ring (bicyclic) bond motifs is 1. The van der Waals surface area contributed by atoms with E-state index in [2.05, 4.69) is 14.9 Å². The van der Waals surface area contributed by atoms with Crippen LogP contribution in [0.3, 0.4) is 0 Å². The van der Waals surface area contributed by atoms with Gasteiger partial charge in [-0.2, -0.15) is 5.10 Å². The van der Waals surface area contributed by atoms with Gasteiger partial charge in [0.25, 0.3) is 0 Å². The van der Waals surface area contributed by atoms with Gasteiger partial charge in [0.05, 0.1) is 0 Å². The molecular formula is C9H7F3N2O. The Hall–Kier alpha value is -1.72. The van der Waals surface area contributed by atoms with E-state index in [1.54, 1.807) is 13.0 Å². The molecule has 0 radical (unpaired) electrons.